The van der Waals surface area contributed by atoms with Crippen LogP contribution >= 0.6 is 11.6 Å². The van der Waals surface area contributed by atoms with Crippen molar-refractivity contribution in [1.29, 1.82) is 0 Å². The molecule has 1 heteroatoms. The summed E-state index contributed by atoms with van der Waals surface area (Å²) in [6.45, 7) is 6.20. The average molecular weight is 174 g/mol. The molecule has 0 aromatic carbocycles. The second kappa shape index (κ2) is 6.48. The molecule has 0 amide bonds. The third kappa shape index (κ3) is 7.67. The summed E-state index contributed by atoms with van der Waals surface area (Å²) in [4.78, 5) is 0. The minimum absolute atomic E-state index is 0.586. The van der Waals surface area contributed by atoms with Gasteiger partial charge in [0.05, 0.1) is 0 Å². The van der Waals surface area contributed by atoms with Crippen molar-refractivity contribution in [2.24, 2.45) is 0 Å². The highest BCUT2D eigenvalue weighted by atomic mass is 35.5. The highest BCUT2D eigenvalue weighted by Crippen LogP contribution is 2.06. The molecule has 0 saturated heterocycles. The van der Waals surface area contributed by atoms with Crippen LogP contribution in [0.25, 0.3) is 0 Å². The predicted molar refractivity (Wildman–Crippen MR) is 53.1 cm³/mol. The SMILES string of the molecule is [2H]C(Cl)/C=C(\C)CCC=C(C)C. The zero-order chi connectivity index (χ0) is 9.56. The van der Waals surface area contributed by atoms with Crippen LogP contribution in [0.3, 0.4) is 0 Å². The van der Waals surface area contributed by atoms with Crippen molar-refractivity contribution in [3.8, 4) is 0 Å². The van der Waals surface area contributed by atoms with E-state index in [4.69, 9.17) is 13.0 Å². The van der Waals surface area contributed by atoms with Crippen LogP contribution in [0.15, 0.2) is 23.3 Å². The lowest BCUT2D eigenvalue weighted by atomic mass is 10.1. The molecule has 1 atom stereocenters. The van der Waals surface area contributed by atoms with Crippen molar-refractivity contribution in [3.05, 3.63) is 23.3 Å². The van der Waals surface area contributed by atoms with E-state index in [-0.39, 0.29) is 0 Å². The molecule has 0 aliphatic carbocycles. The lowest BCUT2D eigenvalue weighted by molar-refractivity contribution is 0.964. The van der Waals surface area contributed by atoms with E-state index in [0.29, 0.717) is 0 Å². The summed E-state index contributed by atoms with van der Waals surface area (Å²) in [7, 11) is 0. The molecule has 1 unspecified atom stereocenters. The van der Waals surface area contributed by atoms with Gasteiger partial charge in [-0.05, 0) is 33.6 Å². The van der Waals surface area contributed by atoms with Crippen LogP contribution in [-0.4, -0.2) is 5.86 Å². The maximum Gasteiger partial charge on any atom is 0.0480 e. The largest absolute Gasteiger partial charge is 0.122 e. The summed E-state index contributed by atoms with van der Waals surface area (Å²) >= 11 is 5.49. The van der Waals surface area contributed by atoms with Gasteiger partial charge in [0.1, 0.15) is 0 Å². The molecular formula is C10H17Cl. The van der Waals surface area contributed by atoms with Gasteiger partial charge in [-0.2, -0.15) is 0 Å². The normalized spacial score (nSPS) is 15.6. The fourth-order valence-electron chi connectivity index (χ4n) is 0.779. The Balaban J connectivity index is 3.71. The first-order valence-corrected chi connectivity index (χ1v) is 4.33. The quantitative estimate of drug-likeness (QED) is 0.447. The Hall–Kier alpha value is -0.230. The molecule has 0 rings (SSSR count). The Morgan fingerprint density at radius 2 is 2.00 bits per heavy atom. The van der Waals surface area contributed by atoms with E-state index in [1.54, 1.807) is 6.08 Å². The standard InChI is InChI=1S/C10H17Cl/c1-9(2)5-4-6-10(3)7-8-11/h5,7H,4,6,8H2,1-3H3/b10-7+/i8D. The molecule has 0 heterocycles. The smallest absolute Gasteiger partial charge is 0.0480 e. The number of allylic oxidation sites excluding steroid dienone is 4. The van der Waals surface area contributed by atoms with E-state index >= 15 is 0 Å². The molecule has 64 valence electrons. The first-order valence-electron chi connectivity index (χ1n) is 4.47. The zero-order valence-electron chi connectivity index (χ0n) is 8.52. The molecule has 0 nitrogen and oxygen atoms in total. The van der Waals surface area contributed by atoms with Gasteiger partial charge < -0.3 is 0 Å². The van der Waals surface area contributed by atoms with Gasteiger partial charge in [0.25, 0.3) is 0 Å². The first-order chi connectivity index (χ1) is 5.52. The van der Waals surface area contributed by atoms with Gasteiger partial charge in [0.2, 0.25) is 0 Å². The molecule has 0 radical (unpaired) electrons. The summed E-state index contributed by atoms with van der Waals surface area (Å²) in [5.41, 5.74) is 2.54. The minimum atomic E-state index is -0.586. The van der Waals surface area contributed by atoms with Crippen LogP contribution in [0, 0.1) is 0 Å². The van der Waals surface area contributed by atoms with Crippen molar-refractivity contribution in [2.45, 2.75) is 33.6 Å². The summed E-state index contributed by atoms with van der Waals surface area (Å²) in [6.07, 6.45) is 6.03. The Morgan fingerprint density at radius 1 is 1.36 bits per heavy atom. The van der Waals surface area contributed by atoms with Crippen LogP contribution in [-0.2, 0) is 0 Å². The van der Waals surface area contributed by atoms with E-state index in [1.165, 1.54) is 11.1 Å². The zero-order valence-corrected chi connectivity index (χ0v) is 8.28. The molecule has 0 aliphatic heterocycles. The second-order valence-corrected chi connectivity index (χ2v) is 3.21. The third-order valence-corrected chi connectivity index (χ3v) is 1.56. The molecule has 0 spiro atoms. The van der Waals surface area contributed by atoms with Crippen molar-refractivity contribution >= 4 is 11.6 Å². The van der Waals surface area contributed by atoms with Crippen LogP contribution in [0.5, 0.6) is 0 Å². The van der Waals surface area contributed by atoms with Crippen LogP contribution in [0.4, 0.5) is 0 Å². The minimum Gasteiger partial charge on any atom is -0.122 e. The molecule has 0 N–H and O–H groups in total. The van der Waals surface area contributed by atoms with Crippen molar-refractivity contribution in [3.63, 3.8) is 0 Å². The van der Waals surface area contributed by atoms with Gasteiger partial charge in [-0.1, -0.05) is 23.3 Å². The van der Waals surface area contributed by atoms with Gasteiger partial charge in [-0.15, -0.1) is 11.6 Å². The lowest BCUT2D eigenvalue weighted by Crippen LogP contribution is -1.77. The molecule has 0 aromatic heterocycles. The Bertz CT molecular complexity index is 176. The third-order valence-electron chi connectivity index (χ3n) is 1.44. The van der Waals surface area contributed by atoms with Crippen LogP contribution in [0.1, 0.15) is 35.0 Å². The Morgan fingerprint density at radius 3 is 2.45 bits per heavy atom. The van der Waals surface area contributed by atoms with E-state index in [0.717, 1.165) is 12.8 Å². The van der Waals surface area contributed by atoms with E-state index in [9.17, 15) is 0 Å². The van der Waals surface area contributed by atoms with Gasteiger partial charge in [-0.25, -0.2) is 0 Å². The predicted octanol–water partition coefficient (Wildman–Crippen LogP) is 3.92. The average Bonchev–Trinajstić information content (AvgIpc) is 1.84. The molecule has 0 fully saturated rings. The van der Waals surface area contributed by atoms with E-state index in [1.807, 2.05) is 6.92 Å². The maximum atomic E-state index is 7.10. The number of alkyl halides is 1. The van der Waals surface area contributed by atoms with Gasteiger partial charge in [-0.3, -0.25) is 0 Å². The summed E-state index contributed by atoms with van der Waals surface area (Å²) in [5.74, 6) is -0.586. The van der Waals surface area contributed by atoms with E-state index in [2.05, 4.69) is 19.9 Å². The van der Waals surface area contributed by atoms with Crippen molar-refractivity contribution in [1.82, 2.24) is 0 Å². The number of hydrogen-bond acceptors (Lipinski definition) is 0. The fraction of sp³-hybridized carbons (Fsp3) is 0.600. The Labute approximate surface area is 76.4 Å². The van der Waals surface area contributed by atoms with Gasteiger partial charge in [0.15, 0.2) is 0 Å². The number of hydrogen-bond donors (Lipinski definition) is 0. The first kappa shape index (κ1) is 8.86. The number of halogens is 1. The number of rotatable bonds is 4. The molecule has 0 aromatic rings. The summed E-state index contributed by atoms with van der Waals surface area (Å²) < 4.78 is 7.10. The van der Waals surface area contributed by atoms with Crippen LogP contribution < -0.4 is 0 Å². The van der Waals surface area contributed by atoms with Crippen molar-refractivity contribution < 1.29 is 1.37 Å². The molecule has 0 saturated carbocycles. The lowest BCUT2D eigenvalue weighted by Gasteiger charge is -1.96. The highest BCUT2D eigenvalue weighted by Gasteiger charge is 1.86. The summed E-state index contributed by atoms with van der Waals surface area (Å²) in [6, 6.07) is 0. The molecule has 0 bridgehead atoms. The molecule has 0 aliphatic rings. The topological polar surface area (TPSA) is 0 Å². The van der Waals surface area contributed by atoms with Gasteiger partial charge >= 0.3 is 0 Å². The summed E-state index contributed by atoms with van der Waals surface area (Å²) in [5, 5.41) is 0. The monoisotopic (exact) mass is 173 g/mol. The van der Waals surface area contributed by atoms with Crippen molar-refractivity contribution in [2.75, 3.05) is 5.86 Å². The van der Waals surface area contributed by atoms with Gasteiger partial charge in [0, 0.05) is 7.23 Å². The maximum absolute atomic E-state index is 7.10. The van der Waals surface area contributed by atoms with E-state index < -0.39 is 5.86 Å². The second-order valence-electron chi connectivity index (χ2n) is 2.96. The highest BCUT2D eigenvalue weighted by molar-refractivity contribution is 6.18. The molecule has 11 heavy (non-hydrogen) atoms. The Kier molecular flexibility index (Phi) is 5.22. The van der Waals surface area contributed by atoms with Crippen LogP contribution in [0.2, 0.25) is 0 Å². The molecular weight excluding hydrogens is 156 g/mol. The fourth-order valence-corrected chi connectivity index (χ4v) is 0.994.